The van der Waals surface area contributed by atoms with Crippen LogP contribution >= 0.6 is 0 Å². The molecule has 4 heteroatoms. The van der Waals surface area contributed by atoms with Crippen LogP contribution < -0.4 is 0 Å². The van der Waals surface area contributed by atoms with E-state index < -0.39 is 0 Å². The topological polar surface area (TPSA) is 41.9 Å². The number of aliphatic hydroxyl groups excluding tert-OH is 1. The van der Waals surface area contributed by atoms with Gasteiger partial charge in [-0.05, 0) is 7.05 Å². The minimum Gasteiger partial charge on any atom is -0.394 e. The highest BCUT2D eigenvalue weighted by Gasteiger charge is 2.15. The lowest BCUT2D eigenvalue weighted by Gasteiger charge is -2.18. The van der Waals surface area contributed by atoms with E-state index in [1.165, 1.54) is 0 Å². The van der Waals surface area contributed by atoms with Crippen LogP contribution in [0.5, 0.6) is 0 Å². The summed E-state index contributed by atoms with van der Waals surface area (Å²) in [5, 5.41) is 8.55. The largest absolute Gasteiger partial charge is 0.394 e. The first-order chi connectivity index (χ1) is 5.83. The fraction of sp³-hybridized carbons (Fsp3) is 1.00. The molecule has 0 spiro atoms. The van der Waals surface area contributed by atoms with Gasteiger partial charge in [0.15, 0.2) is 0 Å². The third kappa shape index (κ3) is 3.49. The molecule has 0 radical (unpaired) electrons. The first-order valence-corrected chi connectivity index (χ1v) is 4.31. The predicted octanol–water partition coefficient (Wildman–Crippen LogP) is -0.674. The summed E-state index contributed by atoms with van der Waals surface area (Å²) in [6.07, 6.45) is 0.115. The Hall–Kier alpha value is -0.160. The van der Waals surface area contributed by atoms with Crippen molar-refractivity contribution in [1.29, 1.82) is 0 Å². The van der Waals surface area contributed by atoms with E-state index in [1.807, 2.05) is 7.05 Å². The van der Waals surface area contributed by atoms with Crippen molar-refractivity contribution in [3.63, 3.8) is 0 Å². The van der Waals surface area contributed by atoms with Gasteiger partial charge < -0.3 is 19.5 Å². The van der Waals surface area contributed by atoms with E-state index in [4.69, 9.17) is 14.6 Å². The number of hydrogen-bond acceptors (Lipinski definition) is 4. The Morgan fingerprint density at radius 3 is 3.25 bits per heavy atom. The molecule has 1 rings (SSSR count). The predicted molar refractivity (Wildman–Crippen MR) is 45.1 cm³/mol. The van der Waals surface area contributed by atoms with Crippen molar-refractivity contribution in [3.8, 4) is 0 Å². The number of aliphatic hydroxyl groups is 1. The lowest BCUT2D eigenvalue weighted by molar-refractivity contribution is -0.0177. The molecule has 12 heavy (non-hydrogen) atoms. The van der Waals surface area contributed by atoms with Gasteiger partial charge in [0.05, 0.1) is 32.5 Å². The average molecular weight is 175 g/mol. The lowest BCUT2D eigenvalue weighted by atomic mass is 10.3. The molecule has 1 atom stereocenters. The molecule has 1 saturated heterocycles. The first-order valence-electron chi connectivity index (χ1n) is 4.31. The summed E-state index contributed by atoms with van der Waals surface area (Å²) in [5.74, 6) is 0. The summed E-state index contributed by atoms with van der Waals surface area (Å²) in [7, 11) is 2.05. The Morgan fingerprint density at radius 2 is 2.50 bits per heavy atom. The molecule has 0 saturated carbocycles. The molecule has 0 aromatic rings. The second-order valence-electron chi connectivity index (χ2n) is 3.05. The van der Waals surface area contributed by atoms with Crippen LogP contribution in [0.25, 0.3) is 0 Å². The maximum absolute atomic E-state index is 8.55. The second-order valence-corrected chi connectivity index (χ2v) is 3.05. The van der Waals surface area contributed by atoms with Crippen LogP contribution in [0.1, 0.15) is 0 Å². The number of rotatable bonds is 3. The van der Waals surface area contributed by atoms with E-state index in [1.54, 1.807) is 0 Å². The molecular weight excluding hydrogens is 158 g/mol. The number of ether oxygens (including phenoxy) is 2. The van der Waals surface area contributed by atoms with E-state index in [2.05, 4.69) is 4.90 Å². The molecule has 0 aliphatic carbocycles. The third-order valence-corrected chi connectivity index (χ3v) is 1.88. The third-order valence-electron chi connectivity index (χ3n) is 1.88. The number of nitrogens with zero attached hydrogens (tertiary/aromatic N) is 1. The molecule has 4 nitrogen and oxygen atoms in total. The minimum atomic E-state index is 0.0835. The van der Waals surface area contributed by atoms with Crippen molar-refractivity contribution in [1.82, 2.24) is 4.90 Å². The van der Waals surface area contributed by atoms with E-state index in [-0.39, 0.29) is 12.7 Å². The van der Waals surface area contributed by atoms with Crippen LogP contribution in [-0.2, 0) is 9.47 Å². The number of likely N-dealkylation sites (N-methyl/N-ethyl adjacent to an activating group) is 1. The van der Waals surface area contributed by atoms with Crippen molar-refractivity contribution in [2.24, 2.45) is 0 Å². The standard InChI is InChI=1S/C8H17NO3/c1-9-2-4-11-7-8(6-9)12-5-3-10/h8,10H,2-7H2,1H3. The molecule has 1 heterocycles. The van der Waals surface area contributed by atoms with Crippen molar-refractivity contribution < 1.29 is 14.6 Å². The van der Waals surface area contributed by atoms with E-state index in [0.717, 1.165) is 19.7 Å². The van der Waals surface area contributed by atoms with Crippen LogP contribution in [0, 0.1) is 0 Å². The van der Waals surface area contributed by atoms with Crippen molar-refractivity contribution in [3.05, 3.63) is 0 Å². The van der Waals surface area contributed by atoms with Crippen LogP contribution in [0.3, 0.4) is 0 Å². The summed E-state index contributed by atoms with van der Waals surface area (Å²) in [5.41, 5.74) is 0. The van der Waals surface area contributed by atoms with Crippen molar-refractivity contribution in [2.45, 2.75) is 6.10 Å². The zero-order valence-electron chi connectivity index (χ0n) is 7.53. The molecule has 1 fully saturated rings. The fourth-order valence-corrected chi connectivity index (χ4v) is 1.25. The highest BCUT2D eigenvalue weighted by atomic mass is 16.5. The average Bonchev–Trinajstić information content (AvgIpc) is 2.26. The molecule has 1 N–H and O–H groups in total. The summed E-state index contributed by atoms with van der Waals surface area (Å²) < 4.78 is 10.7. The van der Waals surface area contributed by atoms with E-state index >= 15 is 0 Å². The van der Waals surface area contributed by atoms with Gasteiger partial charge >= 0.3 is 0 Å². The Bertz CT molecular complexity index is 121. The van der Waals surface area contributed by atoms with Crippen LogP contribution in [0.15, 0.2) is 0 Å². The van der Waals surface area contributed by atoms with Crippen LogP contribution in [0.4, 0.5) is 0 Å². The summed E-state index contributed by atoms with van der Waals surface area (Å²) in [6.45, 7) is 3.75. The van der Waals surface area contributed by atoms with Crippen LogP contribution in [-0.4, -0.2) is 62.7 Å². The van der Waals surface area contributed by atoms with Crippen LogP contribution in [0.2, 0.25) is 0 Å². The van der Waals surface area contributed by atoms with Crippen molar-refractivity contribution in [2.75, 3.05) is 46.6 Å². The Kier molecular flexibility index (Phi) is 4.53. The van der Waals surface area contributed by atoms with Gasteiger partial charge in [0, 0.05) is 13.1 Å². The molecular formula is C8H17NO3. The van der Waals surface area contributed by atoms with Gasteiger partial charge in [-0.15, -0.1) is 0 Å². The zero-order chi connectivity index (χ0) is 8.81. The van der Waals surface area contributed by atoms with Gasteiger partial charge in [0.25, 0.3) is 0 Å². The maximum atomic E-state index is 8.55. The van der Waals surface area contributed by atoms with Gasteiger partial charge in [0.2, 0.25) is 0 Å². The molecule has 0 amide bonds. The highest BCUT2D eigenvalue weighted by molar-refractivity contribution is 4.66. The number of hydrogen-bond donors (Lipinski definition) is 1. The van der Waals surface area contributed by atoms with Gasteiger partial charge in [-0.1, -0.05) is 0 Å². The SMILES string of the molecule is CN1CCOCC(OCCO)C1. The summed E-state index contributed by atoms with van der Waals surface area (Å²) >= 11 is 0. The molecule has 1 unspecified atom stereocenters. The molecule has 1 aliphatic rings. The maximum Gasteiger partial charge on any atom is 0.0936 e. The molecule has 0 aromatic heterocycles. The van der Waals surface area contributed by atoms with Gasteiger partial charge in [-0.2, -0.15) is 0 Å². The van der Waals surface area contributed by atoms with Gasteiger partial charge in [-0.3, -0.25) is 0 Å². The Morgan fingerprint density at radius 1 is 1.67 bits per heavy atom. The van der Waals surface area contributed by atoms with E-state index in [0.29, 0.717) is 13.2 Å². The summed E-state index contributed by atoms with van der Waals surface area (Å²) in [6, 6.07) is 0. The molecule has 1 aliphatic heterocycles. The zero-order valence-corrected chi connectivity index (χ0v) is 7.53. The minimum absolute atomic E-state index is 0.0835. The highest BCUT2D eigenvalue weighted by Crippen LogP contribution is 2.01. The Labute approximate surface area is 73.1 Å². The molecule has 0 bridgehead atoms. The van der Waals surface area contributed by atoms with Crippen molar-refractivity contribution >= 4 is 0 Å². The van der Waals surface area contributed by atoms with E-state index in [9.17, 15) is 0 Å². The second kappa shape index (κ2) is 5.48. The molecule has 72 valence electrons. The monoisotopic (exact) mass is 175 g/mol. The smallest absolute Gasteiger partial charge is 0.0936 e. The quantitative estimate of drug-likeness (QED) is 0.617. The Balaban J connectivity index is 2.21. The molecule has 0 aromatic carbocycles. The van der Waals surface area contributed by atoms with Gasteiger partial charge in [0.1, 0.15) is 0 Å². The lowest BCUT2D eigenvalue weighted by Crippen LogP contribution is -2.32. The normalized spacial score (nSPS) is 27.0. The first kappa shape index (κ1) is 9.92. The summed E-state index contributed by atoms with van der Waals surface area (Å²) in [4.78, 5) is 2.18. The van der Waals surface area contributed by atoms with Gasteiger partial charge in [-0.25, -0.2) is 0 Å². The fourth-order valence-electron chi connectivity index (χ4n) is 1.25.